The number of esters is 3. The fourth-order valence-electron chi connectivity index (χ4n) is 5.80. The minimum absolute atomic E-state index is 0.123. The van der Waals surface area contributed by atoms with Crippen LogP contribution in [0.15, 0.2) is 0 Å². The Kier molecular flexibility index (Phi) is 24.7. The minimum Gasteiger partial charge on any atom is -0.465 e. The van der Waals surface area contributed by atoms with E-state index in [0.717, 1.165) is 77.0 Å². The fourth-order valence-corrected chi connectivity index (χ4v) is 5.80. The summed E-state index contributed by atoms with van der Waals surface area (Å²) in [6, 6.07) is 0. The van der Waals surface area contributed by atoms with Crippen LogP contribution in [0.1, 0.15) is 176 Å². The summed E-state index contributed by atoms with van der Waals surface area (Å²) in [6.07, 6.45) is 15.8. The normalized spacial score (nSPS) is 13.7. The van der Waals surface area contributed by atoms with Gasteiger partial charge in [0.05, 0.1) is 25.7 Å². The molecule has 43 heavy (non-hydrogen) atoms. The molecule has 0 aromatic heterocycles. The second-order valence-electron chi connectivity index (χ2n) is 12.4. The number of unbranched alkanes of at least 4 members (excludes halogenated alkanes) is 12. The number of carbonyl (C=O) groups excluding carboxylic acids is 3. The average Bonchev–Trinajstić information content (AvgIpc) is 3.00. The molecule has 1 N–H and O–H groups in total. The summed E-state index contributed by atoms with van der Waals surface area (Å²) in [6.45, 7) is 12.9. The van der Waals surface area contributed by atoms with E-state index in [4.69, 9.17) is 14.2 Å². The summed E-state index contributed by atoms with van der Waals surface area (Å²) in [5.74, 6) is -3.30. The zero-order valence-electron chi connectivity index (χ0n) is 28.9. The summed E-state index contributed by atoms with van der Waals surface area (Å²) in [7, 11) is 0. The second-order valence-corrected chi connectivity index (χ2v) is 12.4. The van der Waals surface area contributed by atoms with Crippen LogP contribution in [0.4, 0.5) is 0 Å². The van der Waals surface area contributed by atoms with E-state index in [1.54, 1.807) is 0 Å². The van der Waals surface area contributed by atoms with Gasteiger partial charge < -0.3 is 19.3 Å². The van der Waals surface area contributed by atoms with Crippen LogP contribution in [0.25, 0.3) is 0 Å². The molecule has 0 aliphatic heterocycles. The smallest absolute Gasteiger partial charge is 0.340 e. The van der Waals surface area contributed by atoms with E-state index in [1.165, 1.54) is 0 Å². The molecule has 0 aliphatic carbocycles. The van der Waals surface area contributed by atoms with Gasteiger partial charge in [0.15, 0.2) is 5.60 Å². The lowest BCUT2D eigenvalue weighted by Crippen LogP contribution is -2.65. The molecule has 0 aliphatic rings. The molecule has 0 aromatic rings. The van der Waals surface area contributed by atoms with E-state index >= 15 is 0 Å². The van der Waals surface area contributed by atoms with Gasteiger partial charge in [0.25, 0.3) is 0 Å². The molecule has 0 aromatic carbocycles. The lowest BCUT2D eigenvalue weighted by molar-refractivity contribution is -0.215. The van der Waals surface area contributed by atoms with Gasteiger partial charge in [-0.1, -0.05) is 138 Å². The zero-order valence-corrected chi connectivity index (χ0v) is 28.9. The predicted octanol–water partition coefficient (Wildman–Crippen LogP) is 9.26. The molecule has 0 amide bonds. The Bertz CT molecular complexity index is 710. The van der Waals surface area contributed by atoms with E-state index in [-0.39, 0.29) is 39.1 Å². The number of hydrogen-bond acceptors (Lipinski definition) is 7. The molecule has 254 valence electrons. The van der Waals surface area contributed by atoms with Gasteiger partial charge in [0, 0.05) is 0 Å². The van der Waals surface area contributed by atoms with Crippen LogP contribution in [0.2, 0.25) is 0 Å². The van der Waals surface area contributed by atoms with Gasteiger partial charge in [0.2, 0.25) is 0 Å². The molecule has 7 heteroatoms. The van der Waals surface area contributed by atoms with Crippen LogP contribution in [0, 0.1) is 11.3 Å². The van der Waals surface area contributed by atoms with Gasteiger partial charge in [-0.05, 0) is 38.5 Å². The van der Waals surface area contributed by atoms with Gasteiger partial charge >= 0.3 is 17.9 Å². The van der Waals surface area contributed by atoms with E-state index < -0.39 is 34.8 Å². The summed E-state index contributed by atoms with van der Waals surface area (Å²) in [4.78, 5) is 42.5. The highest BCUT2D eigenvalue weighted by molar-refractivity contribution is 5.95. The number of rotatable bonds is 29. The average molecular weight is 613 g/mol. The molecule has 0 rings (SSSR count). The number of ether oxygens (including phenoxy) is 3. The van der Waals surface area contributed by atoms with Crippen molar-refractivity contribution in [1.29, 1.82) is 0 Å². The first kappa shape index (κ1) is 41.4. The van der Waals surface area contributed by atoms with Crippen molar-refractivity contribution in [3.8, 4) is 0 Å². The van der Waals surface area contributed by atoms with Crippen LogP contribution in [-0.2, 0) is 28.6 Å². The van der Waals surface area contributed by atoms with Crippen molar-refractivity contribution in [2.24, 2.45) is 11.3 Å². The first-order chi connectivity index (χ1) is 20.8. The third-order valence-electron chi connectivity index (χ3n) is 8.69. The topological polar surface area (TPSA) is 99.1 Å². The van der Waals surface area contributed by atoms with Gasteiger partial charge in [-0.15, -0.1) is 0 Å². The fraction of sp³-hybridized carbons (Fsp3) is 0.917. The largest absolute Gasteiger partial charge is 0.465 e. The maximum Gasteiger partial charge on any atom is 0.340 e. The van der Waals surface area contributed by atoms with Gasteiger partial charge in [-0.25, -0.2) is 4.79 Å². The van der Waals surface area contributed by atoms with Crippen LogP contribution in [0.5, 0.6) is 0 Å². The molecule has 2 atom stereocenters. The van der Waals surface area contributed by atoms with Gasteiger partial charge in [0.1, 0.15) is 5.41 Å². The number of carbonyl (C=O) groups is 3. The highest BCUT2D eigenvalue weighted by Crippen LogP contribution is 2.50. The van der Waals surface area contributed by atoms with Gasteiger partial charge in [-0.3, -0.25) is 9.59 Å². The Hall–Kier alpha value is -1.63. The summed E-state index contributed by atoms with van der Waals surface area (Å²) in [5, 5.41) is 13.0. The molecule has 0 saturated carbocycles. The highest BCUT2D eigenvalue weighted by atomic mass is 16.6. The van der Waals surface area contributed by atoms with Crippen molar-refractivity contribution >= 4 is 17.9 Å². The maximum absolute atomic E-state index is 14.4. The van der Waals surface area contributed by atoms with Crippen molar-refractivity contribution < 1.29 is 33.7 Å². The molecule has 7 nitrogen and oxygen atoms in total. The third-order valence-corrected chi connectivity index (χ3v) is 8.69. The van der Waals surface area contributed by atoms with E-state index in [0.29, 0.717) is 38.5 Å². The molecule has 0 bridgehead atoms. The molecule has 2 unspecified atom stereocenters. The van der Waals surface area contributed by atoms with Crippen molar-refractivity contribution in [2.45, 2.75) is 182 Å². The van der Waals surface area contributed by atoms with E-state index in [1.807, 2.05) is 20.8 Å². The highest BCUT2D eigenvalue weighted by Gasteiger charge is 2.66. The predicted molar refractivity (Wildman–Crippen MR) is 175 cm³/mol. The Morgan fingerprint density at radius 3 is 1.35 bits per heavy atom. The maximum atomic E-state index is 14.4. The van der Waals surface area contributed by atoms with E-state index in [2.05, 4.69) is 20.8 Å². The molecule has 0 fully saturated rings. The number of hydrogen-bond donors (Lipinski definition) is 1. The standard InChI is InChI=1S/C36H68O7/c1-7-13-19-22-25-31(32(37)41-28-16-10-4)36(40,34(39)43-30-18-12-6)35(26-23-20-14-8-2,27-24-21-15-9-3)33(38)42-29-17-11-5/h31,40H,7-30H2,1-6H3. The van der Waals surface area contributed by atoms with Crippen molar-refractivity contribution in [1.82, 2.24) is 0 Å². The Morgan fingerprint density at radius 2 is 0.907 bits per heavy atom. The Balaban J connectivity index is 7.17. The molecule has 0 saturated heterocycles. The second kappa shape index (κ2) is 25.7. The Labute approximate surface area is 264 Å². The molecule has 0 heterocycles. The summed E-state index contributed by atoms with van der Waals surface area (Å²) >= 11 is 0. The summed E-state index contributed by atoms with van der Waals surface area (Å²) < 4.78 is 17.4. The molecule has 0 spiro atoms. The number of aliphatic hydroxyl groups is 1. The van der Waals surface area contributed by atoms with Crippen molar-refractivity contribution in [2.75, 3.05) is 19.8 Å². The first-order valence-corrected chi connectivity index (χ1v) is 18.0. The quantitative estimate of drug-likeness (QED) is 0.0510. The monoisotopic (exact) mass is 612 g/mol. The minimum atomic E-state index is -2.39. The third kappa shape index (κ3) is 14.3. The molecule has 0 radical (unpaired) electrons. The SMILES string of the molecule is CCCCCCC(C(=O)OCCCC)C(O)(C(=O)OCCCC)C(CCCCCC)(CCCCCC)C(=O)OCCCC. The lowest BCUT2D eigenvalue weighted by Gasteiger charge is -2.47. The van der Waals surface area contributed by atoms with Crippen LogP contribution in [-0.4, -0.2) is 48.4 Å². The Morgan fingerprint density at radius 1 is 0.512 bits per heavy atom. The van der Waals surface area contributed by atoms with E-state index in [9.17, 15) is 19.5 Å². The molecular weight excluding hydrogens is 544 g/mol. The molecular formula is C36H68O7. The summed E-state index contributed by atoms with van der Waals surface area (Å²) in [5.41, 5.74) is -4.00. The lowest BCUT2D eigenvalue weighted by atomic mass is 9.59. The van der Waals surface area contributed by atoms with Crippen molar-refractivity contribution in [3.63, 3.8) is 0 Å². The van der Waals surface area contributed by atoms with Crippen LogP contribution < -0.4 is 0 Å². The van der Waals surface area contributed by atoms with Gasteiger partial charge in [-0.2, -0.15) is 0 Å². The first-order valence-electron chi connectivity index (χ1n) is 18.0. The zero-order chi connectivity index (χ0) is 32.4. The van der Waals surface area contributed by atoms with Crippen molar-refractivity contribution in [3.05, 3.63) is 0 Å². The van der Waals surface area contributed by atoms with Crippen LogP contribution in [0.3, 0.4) is 0 Å². The van der Waals surface area contributed by atoms with Crippen LogP contribution >= 0.6 is 0 Å².